The number of ether oxygens (including phenoxy) is 2. The molecule has 1 aromatic carbocycles. The van der Waals surface area contributed by atoms with Crippen LogP contribution in [0, 0.1) is 5.92 Å². The molecule has 9 nitrogen and oxygen atoms in total. The molecular weight excluding hydrogens is 400 g/mol. The zero-order valence-electron chi connectivity index (χ0n) is 17.6. The van der Waals surface area contributed by atoms with Crippen LogP contribution in [0.3, 0.4) is 0 Å². The molecule has 1 aromatic heterocycles. The lowest BCUT2D eigenvalue weighted by molar-refractivity contribution is -0.129. The fourth-order valence-corrected chi connectivity index (χ4v) is 3.42. The Morgan fingerprint density at radius 2 is 2.00 bits per heavy atom. The van der Waals surface area contributed by atoms with Gasteiger partial charge in [0, 0.05) is 25.7 Å². The van der Waals surface area contributed by atoms with Gasteiger partial charge in [-0.15, -0.1) is 0 Å². The van der Waals surface area contributed by atoms with Gasteiger partial charge in [0.15, 0.2) is 11.5 Å². The number of anilines is 1. The third-order valence-corrected chi connectivity index (χ3v) is 5.07. The molecule has 1 aliphatic rings. The van der Waals surface area contributed by atoms with Crippen LogP contribution in [-0.4, -0.2) is 61.5 Å². The Bertz CT molecular complexity index is 935. The van der Waals surface area contributed by atoms with E-state index < -0.39 is 5.92 Å². The zero-order chi connectivity index (χ0) is 22.2. The number of likely N-dealkylation sites (tertiary alicyclic amines) is 1. The van der Waals surface area contributed by atoms with Crippen molar-refractivity contribution >= 4 is 23.4 Å². The van der Waals surface area contributed by atoms with Gasteiger partial charge < -0.3 is 25.0 Å². The largest absolute Gasteiger partial charge is 0.493 e. The lowest BCUT2D eigenvalue weighted by Crippen LogP contribution is -2.38. The van der Waals surface area contributed by atoms with Crippen molar-refractivity contribution in [1.29, 1.82) is 0 Å². The summed E-state index contributed by atoms with van der Waals surface area (Å²) in [4.78, 5) is 42.3. The van der Waals surface area contributed by atoms with Gasteiger partial charge in [-0.25, -0.2) is 0 Å². The van der Waals surface area contributed by atoms with Crippen molar-refractivity contribution in [2.45, 2.75) is 12.8 Å². The van der Waals surface area contributed by atoms with E-state index in [0.717, 1.165) is 5.56 Å². The van der Waals surface area contributed by atoms with E-state index in [1.165, 1.54) is 6.20 Å². The predicted molar refractivity (Wildman–Crippen MR) is 114 cm³/mol. The van der Waals surface area contributed by atoms with Gasteiger partial charge >= 0.3 is 0 Å². The Labute approximate surface area is 180 Å². The third-order valence-electron chi connectivity index (χ3n) is 5.07. The summed E-state index contributed by atoms with van der Waals surface area (Å²) in [5.41, 5.74) is 1.56. The number of methoxy groups -OCH3 is 2. The lowest BCUT2D eigenvalue weighted by atomic mass is 10.1. The quantitative estimate of drug-likeness (QED) is 0.625. The fraction of sp³-hybridized carbons (Fsp3) is 0.364. The Balaban J connectivity index is 1.46. The van der Waals surface area contributed by atoms with Gasteiger partial charge in [-0.2, -0.15) is 0 Å². The molecule has 0 bridgehead atoms. The molecule has 3 rings (SSSR count). The van der Waals surface area contributed by atoms with Crippen molar-refractivity contribution in [2.24, 2.45) is 5.92 Å². The minimum Gasteiger partial charge on any atom is -0.493 e. The molecule has 2 aromatic rings. The number of nitrogens with zero attached hydrogens (tertiary/aromatic N) is 2. The van der Waals surface area contributed by atoms with Crippen LogP contribution in [0.15, 0.2) is 42.7 Å². The first-order chi connectivity index (χ1) is 15.0. The average Bonchev–Trinajstić information content (AvgIpc) is 3.17. The Morgan fingerprint density at radius 3 is 2.71 bits per heavy atom. The van der Waals surface area contributed by atoms with Crippen LogP contribution in [0.1, 0.15) is 12.0 Å². The third kappa shape index (κ3) is 5.94. The van der Waals surface area contributed by atoms with E-state index in [1.807, 2.05) is 18.2 Å². The maximum atomic E-state index is 12.4. The van der Waals surface area contributed by atoms with E-state index in [0.29, 0.717) is 36.7 Å². The number of nitrogens with one attached hydrogen (secondary N) is 2. The Kier molecular flexibility index (Phi) is 7.42. The molecule has 3 amide bonds. The van der Waals surface area contributed by atoms with Crippen LogP contribution in [-0.2, 0) is 20.8 Å². The second kappa shape index (κ2) is 10.4. The molecule has 164 valence electrons. The van der Waals surface area contributed by atoms with Gasteiger partial charge in [0.2, 0.25) is 17.7 Å². The van der Waals surface area contributed by atoms with Gasteiger partial charge in [0.25, 0.3) is 0 Å². The highest BCUT2D eigenvalue weighted by Crippen LogP contribution is 2.28. The highest BCUT2D eigenvalue weighted by molar-refractivity contribution is 5.96. The van der Waals surface area contributed by atoms with Crippen LogP contribution < -0.4 is 20.1 Å². The summed E-state index contributed by atoms with van der Waals surface area (Å²) in [5.74, 6) is 0.0891. The average molecular weight is 426 g/mol. The van der Waals surface area contributed by atoms with Crippen LogP contribution in [0.4, 0.5) is 5.69 Å². The molecule has 1 atom stereocenters. The highest BCUT2D eigenvalue weighted by Gasteiger charge is 2.34. The zero-order valence-corrected chi connectivity index (χ0v) is 17.6. The summed E-state index contributed by atoms with van der Waals surface area (Å²) in [5, 5.41) is 5.26. The molecule has 1 unspecified atom stereocenters. The van der Waals surface area contributed by atoms with E-state index in [2.05, 4.69) is 15.6 Å². The molecule has 2 heterocycles. The molecule has 1 aliphatic heterocycles. The number of pyridine rings is 1. The highest BCUT2D eigenvalue weighted by atomic mass is 16.5. The molecular formula is C22H26N4O5. The van der Waals surface area contributed by atoms with Crippen molar-refractivity contribution in [3.63, 3.8) is 0 Å². The predicted octanol–water partition coefficient (Wildman–Crippen LogP) is 1.24. The second-order valence-electron chi connectivity index (χ2n) is 7.19. The first-order valence-electron chi connectivity index (χ1n) is 9.96. The second-order valence-corrected chi connectivity index (χ2v) is 7.19. The van der Waals surface area contributed by atoms with E-state index in [1.54, 1.807) is 37.4 Å². The summed E-state index contributed by atoms with van der Waals surface area (Å²) in [6.45, 7) is 0.672. The maximum Gasteiger partial charge on any atom is 0.243 e. The van der Waals surface area contributed by atoms with E-state index >= 15 is 0 Å². The molecule has 9 heteroatoms. The molecule has 1 saturated heterocycles. The standard InChI is InChI=1S/C22H26N4O5/c1-30-18-6-5-15(10-19(18)31-2)7-9-26-14-16(11-21(26)28)22(29)24-13-20(27)25-17-4-3-8-23-12-17/h3-6,8,10,12,16H,7,9,11,13-14H2,1-2H3,(H,24,29)(H,25,27). The summed E-state index contributed by atoms with van der Waals surface area (Å²) in [6.07, 6.45) is 3.90. The van der Waals surface area contributed by atoms with Gasteiger partial charge in [0.05, 0.1) is 38.6 Å². The smallest absolute Gasteiger partial charge is 0.243 e. The Morgan fingerprint density at radius 1 is 1.19 bits per heavy atom. The molecule has 2 N–H and O–H groups in total. The summed E-state index contributed by atoms with van der Waals surface area (Å²) < 4.78 is 10.5. The van der Waals surface area contributed by atoms with Gasteiger partial charge in [0.1, 0.15) is 0 Å². The molecule has 0 spiro atoms. The number of benzene rings is 1. The Hall–Kier alpha value is -3.62. The first-order valence-corrected chi connectivity index (χ1v) is 9.96. The van der Waals surface area contributed by atoms with E-state index in [4.69, 9.17) is 9.47 Å². The summed E-state index contributed by atoms with van der Waals surface area (Å²) in [7, 11) is 3.15. The van der Waals surface area contributed by atoms with Crippen molar-refractivity contribution in [2.75, 3.05) is 39.2 Å². The number of amides is 3. The van der Waals surface area contributed by atoms with Gasteiger partial charge in [-0.05, 0) is 36.2 Å². The lowest BCUT2D eigenvalue weighted by Gasteiger charge is -2.17. The summed E-state index contributed by atoms with van der Waals surface area (Å²) >= 11 is 0. The van der Waals surface area contributed by atoms with Crippen molar-refractivity contribution < 1.29 is 23.9 Å². The number of carbonyl (C=O) groups is 3. The SMILES string of the molecule is COc1ccc(CCN2CC(C(=O)NCC(=O)Nc3cccnc3)CC2=O)cc1OC. The van der Waals surface area contributed by atoms with Crippen molar-refractivity contribution in [3.8, 4) is 11.5 Å². The monoisotopic (exact) mass is 426 g/mol. The van der Waals surface area contributed by atoms with Crippen LogP contribution in [0.5, 0.6) is 11.5 Å². The molecule has 1 fully saturated rings. The number of carbonyl (C=O) groups excluding carboxylic acids is 3. The fourth-order valence-electron chi connectivity index (χ4n) is 3.42. The maximum absolute atomic E-state index is 12.4. The minimum absolute atomic E-state index is 0.0690. The number of hydrogen-bond acceptors (Lipinski definition) is 6. The number of rotatable bonds is 9. The van der Waals surface area contributed by atoms with Gasteiger partial charge in [-0.3, -0.25) is 19.4 Å². The number of aromatic nitrogens is 1. The molecule has 0 saturated carbocycles. The molecule has 31 heavy (non-hydrogen) atoms. The van der Waals surface area contributed by atoms with E-state index in [9.17, 15) is 14.4 Å². The van der Waals surface area contributed by atoms with Gasteiger partial charge in [-0.1, -0.05) is 6.07 Å². The normalized spacial score (nSPS) is 15.5. The van der Waals surface area contributed by atoms with Crippen LogP contribution in [0.2, 0.25) is 0 Å². The summed E-state index contributed by atoms with van der Waals surface area (Å²) in [6, 6.07) is 9.04. The van der Waals surface area contributed by atoms with Crippen LogP contribution in [0.25, 0.3) is 0 Å². The van der Waals surface area contributed by atoms with Crippen molar-refractivity contribution in [1.82, 2.24) is 15.2 Å². The van der Waals surface area contributed by atoms with E-state index in [-0.39, 0.29) is 30.7 Å². The van der Waals surface area contributed by atoms with Crippen molar-refractivity contribution in [3.05, 3.63) is 48.3 Å². The first kappa shape index (κ1) is 22.1. The minimum atomic E-state index is -0.468. The van der Waals surface area contributed by atoms with Crippen LogP contribution >= 0.6 is 0 Å². The topological polar surface area (TPSA) is 110 Å². The molecule has 0 radical (unpaired) electrons. The number of hydrogen-bond donors (Lipinski definition) is 2. The molecule has 0 aliphatic carbocycles.